The van der Waals surface area contributed by atoms with Crippen LogP contribution in [-0.4, -0.2) is 17.6 Å². The van der Waals surface area contributed by atoms with Gasteiger partial charge in [-0.25, -0.2) is 4.99 Å². The number of rotatable bonds is 1. The summed E-state index contributed by atoms with van der Waals surface area (Å²) in [7, 11) is 0. The Kier molecular flexibility index (Phi) is 4.33. The number of anilines is 1. The lowest BCUT2D eigenvalue weighted by Crippen LogP contribution is -2.40. The van der Waals surface area contributed by atoms with Crippen LogP contribution in [0.15, 0.2) is 52.3 Å². The van der Waals surface area contributed by atoms with Gasteiger partial charge in [0.1, 0.15) is 5.16 Å². The number of benzene rings is 1. The molecule has 2 aliphatic rings. The summed E-state index contributed by atoms with van der Waals surface area (Å²) in [6.07, 6.45) is 1.58. The first-order valence-corrected chi connectivity index (χ1v) is 8.40. The smallest absolute Gasteiger partial charge is 0.325 e. The van der Waals surface area contributed by atoms with E-state index in [1.165, 1.54) is 23.9 Å². The maximum Gasteiger partial charge on any atom is 0.416 e. The van der Waals surface area contributed by atoms with E-state index < -0.39 is 11.7 Å². The number of hydrogen-bond acceptors (Lipinski definition) is 4. The molecule has 1 unspecified atom stereocenters. The molecule has 0 aliphatic carbocycles. The molecule has 3 rings (SSSR count). The third-order valence-corrected chi connectivity index (χ3v) is 4.53. The zero-order valence-corrected chi connectivity index (χ0v) is 13.6. The van der Waals surface area contributed by atoms with Crippen molar-refractivity contribution < 1.29 is 13.2 Å². The summed E-state index contributed by atoms with van der Waals surface area (Å²) < 4.78 is 38.1. The summed E-state index contributed by atoms with van der Waals surface area (Å²) in [6, 6.07) is 5.03. The normalized spacial score (nSPS) is 21.0. The number of halogens is 4. The van der Waals surface area contributed by atoms with Crippen LogP contribution in [0.5, 0.6) is 0 Å². The van der Waals surface area contributed by atoms with Crippen LogP contribution in [0.4, 0.5) is 18.9 Å². The molecule has 0 amide bonds. The van der Waals surface area contributed by atoms with Crippen molar-refractivity contribution in [1.29, 1.82) is 0 Å². The molecule has 0 spiro atoms. The Labute approximate surface area is 140 Å². The summed E-state index contributed by atoms with van der Waals surface area (Å²) in [4.78, 5) is 6.40. The number of aliphatic imine (C=N–C) groups is 1. The summed E-state index contributed by atoms with van der Waals surface area (Å²) >= 11 is 7.70. The fourth-order valence-corrected chi connectivity index (χ4v) is 3.19. The first kappa shape index (κ1) is 16.3. The van der Waals surface area contributed by atoms with E-state index in [4.69, 9.17) is 11.6 Å². The Morgan fingerprint density at radius 2 is 2.00 bits per heavy atom. The molecule has 0 fully saturated rings. The van der Waals surface area contributed by atoms with E-state index in [0.717, 1.165) is 17.7 Å². The van der Waals surface area contributed by atoms with E-state index in [1.54, 1.807) is 0 Å². The first-order valence-electron chi connectivity index (χ1n) is 6.80. The molecule has 1 atom stereocenters. The van der Waals surface area contributed by atoms with Gasteiger partial charge in [-0.05, 0) is 36.9 Å². The Hall–Kier alpha value is -1.60. The lowest BCUT2D eigenvalue weighted by Gasteiger charge is -2.36. The molecule has 122 valence electrons. The van der Waals surface area contributed by atoms with E-state index in [2.05, 4.69) is 10.3 Å². The molecule has 3 nitrogen and oxygen atoms in total. The van der Waals surface area contributed by atoms with Crippen molar-refractivity contribution in [2.75, 3.05) is 11.2 Å². The molecule has 2 heterocycles. The second-order valence-corrected chi connectivity index (χ2v) is 6.19. The quantitative estimate of drug-likeness (QED) is 0.747. The summed E-state index contributed by atoms with van der Waals surface area (Å²) in [5.41, 5.74) is 0.855. The number of allylic oxidation sites excluding steroid dienone is 1. The maximum atomic E-state index is 12.7. The van der Waals surface area contributed by atoms with Gasteiger partial charge in [0.05, 0.1) is 5.56 Å². The van der Waals surface area contributed by atoms with Crippen molar-refractivity contribution in [1.82, 2.24) is 5.32 Å². The van der Waals surface area contributed by atoms with Crippen molar-refractivity contribution >= 4 is 34.2 Å². The van der Waals surface area contributed by atoms with E-state index in [1.807, 2.05) is 23.4 Å². The average Bonchev–Trinajstić information content (AvgIpc) is 2.53. The number of fused-ring (bicyclic) bond motifs is 1. The highest BCUT2D eigenvalue weighted by Gasteiger charge is 2.32. The number of thioether (sulfide) groups is 1. The molecule has 2 aliphatic heterocycles. The monoisotopic (exact) mass is 359 g/mol. The second kappa shape index (κ2) is 6.13. The van der Waals surface area contributed by atoms with Crippen LogP contribution in [0.2, 0.25) is 0 Å². The lowest BCUT2D eigenvalue weighted by molar-refractivity contribution is -0.137. The van der Waals surface area contributed by atoms with Gasteiger partial charge in [0.2, 0.25) is 0 Å². The molecule has 0 saturated carbocycles. The zero-order chi connectivity index (χ0) is 16.6. The van der Waals surface area contributed by atoms with Gasteiger partial charge in [0.15, 0.2) is 11.3 Å². The van der Waals surface area contributed by atoms with Crippen LogP contribution in [0.25, 0.3) is 0 Å². The van der Waals surface area contributed by atoms with Crippen molar-refractivity contribution in [3.8, 4) is 0 Å². The van der Waals surface area contributed by atoms with Crippen molar-refractivity contribution in [3.63, 3.8) is 0 Å². The number of hydrogen-bond donors (Lipinski definition) is 1. The van der Waals surface area contributed by atoms with Crippen LogP contribution >= 0.6 is 23.4 Å². The van der Waals surface area contributed by atoms with Gasteiger partial charge < -0.3 is 10.2 Å². The Balaban J connectivity index is 1.95. The molecule has 23 heavy (non-hydrogen) atoms. The highest BCUT2D eigenvalue weighted by Crippen LogP contribution is 2.35. The van der Waals surface area contributed by atoms with Crippen LogP contribution < -0.4 is 10.2 Å². The van der Waals surface area contributed by atoms with E-state index >= 15 is 0 Å². The van der Waals surface area contributed by atoms with Gasteiger partial charge >= 0.3 is 6.18 Å². The predicted molar refractivity (Wildman–Crippen MR) is 88.4 cm³/mol. The molecule has 0 radical (unpaired) electrons. The topological polar surface area (TPSA) is 27.6 Å². The molecule has 8 heteroatoms. The molecular weight excluding hydrogens is 347 g/mol. The number of amidine groups is 1. The Bertz CT molecular complexity index is 695. The van der Waals surface area contributed by atoms with E-state index in [0.29, 0.717) is 22.4 Å². The third kappa shape index (κ3) is 3.21. The lowest BCUT2D eigenvalue weighted by atomic mass is 10.0. The number of nitrogens with zero attached hydrogens (tertiary/aromatic N) is 2. The average molecular weight is 360 g/mol. The van der Waals surface area contributed by atoms with Gasteiger partial charge in [0.25, 0.3) is 0 Å². The fraction of sp³-hybridized carbons (Fsp3) is 0.267. The van der Waals surface area contributed by atoms with Crippen LogP contribution in [-0.2, 0) is 6.18 Å². The molecule has 0 saturated heterocycles. The zero-order valence-electron chi connectivity index (χ0n) is 12.1. The highest BCUT2D eigenvalue weighted by atomic mass is 35.5. The highest BCUT2D eigenvalue weighted by molar-refractivity contribution is 8.13. The molecule has 1 N–H and O–H groups in total. The standard InChI is InChI=1S/C15H13ClF3N3S/c1-23-14-20-12(16)11-3-2-8-22(13(11)21-14)10-6-4-9(5-7-10)15(17,18)19/h2,4-8,13H,3H2,1H3,(H,20,21). The predicted octanol–water partition coefficient (Wildman–Crippen LogP) is 4.53. The second-order valence-electron chi connectivity index (χ2n) is 5.02. The minimum absolute atomic E-state index is 0.340. The van der Waals surface area contributed by atoms with Gasteiger partial charge in [-0.15, -0.1) is 0 Å². The van der Waals surface area contributed by atoms with Crippen LogP contribution in [0.3, 0.4) is 0 Å². The van der Waals surface area contributed by atoms with Crippen molar-refractivity contribution in [2.24, 2.45) is 4.99 Å². The minimum atomic E-state index is -4.34. The Morgan fingerprint density at radius 3 is 2.61 bits per heavy atom. The molecular formula is C15H13ClF3N3S. The van der Waals surface area contributed by atoms with Gasteiger partial charge in [-0.3, -0.25) is 0 Å². The van der Waals surface area contributed by atoms with Crippen molar-refractivity contribution in [2.45, 2.75) is 18.8 Å². The largest absolute Gasteiger partial charge is 0.416 e. The van der Waals surface area contributed by atoms with Crippen LogP contribution in [0, 0.1) is 0 Å². The number of alkyl halides is 3. The summed E-state index contributed by atoms with van der Waals surface area (Å²) in [6.45, 7) is 0. The maximum absolute atomic E-state index is 12.7. The van der Waals surface area contributed by atoms with Gasteiger partial charge in [-0.1, -0.05) is 29.4 Å². The number of nitrogens with one attached hydrogen (secondary N) is 1. The van der Waals surface area contributed by atoms with Gasteiger partial charge in [0, 0.05) is 17.5 Å². The third-order valence-electron chi connectivity index (χ3n) is 3.60. The molecule has 0 aromatic heterocycles. The SMILES string of the molecule is CSC1=NC2C(=C(Cl)N1)CC=CN2c1ccc(C(F)(F)F)cc1. The van der Waals surface area contributed by atoms with Crippen LogP contribution in [0.1, 0.15) is 12.0 Å². The van der Waals surface area contributed by atoms with E-state index in [9.17, 15) is 13.2 Å². The summed E-state index contributed by atoms with van der Waals surface area (Å²) in [5.74, 6) is 0. The minimum Gasteiger partial charge on any atom is -0.325 e. The fourth-order valence-electron chi connectivity index (χ4n) is 2.46. The van der Waals surface area contributed by atoms with Gasteiger partial charge in [-0.2, -0.15) is 13.2 Å². The molecule has 1 aromatic carbocycles. The van der Waals surface area contributed by atoms with E-state index in [-0.39, 0.29) is 6.17 Å². The Morgan fingerprint density at radius 1 is 1.30 bits per heavy atom. The first-order chi connectivity index (χ1) is 10.9. The van der Waals surface area contributed by atoms with Crippen molar-refractivity contribution in [3.05, 3.63) is 52.8 Å². The molecule has 1 aromatic rings. The molecule has 0 bridgehead atoms. The summed E-state index contributed by atoms with van der Waals surface area (Å²) in [5, 5.41) is 4.22.